The minimum absolute atomic E-state index is 0.0947. The predicted octanol–water partition coefficient (Wildman–Crippen LogP) is 1.95. The maximum atomic E-state index is 11.3. The number of nitriles is 1. The number of ketones is 1. The van der Waals surface area contributed by atoms with E-state index in [-0.39, 0.29) is 36.3 Å². The Balaban J connectivity index is 2.52. The summed E-state index contributed by atoms with van der Waals surface area (Å²) in [5.41, 5.74) is 0.482. The summed E-state index contributed by atoms with van der Waals surface area (Å²) in [6, 6.07) is 6.53. The summed E-state index contributed by atoms with van der Waals surface area (Å²) in [5.74, 6) is -0.0910. The van der Waals surface area contributed by atoms with Crippen molar-refractivity contribution >= 4 is 23.3 Å². The number of amides is 1. The second-order valence-corrected chi connectivity index (χ2v) is 4.16. The van der Waals surface area contributed by atoms with Gasteiger partial charge >= 0.3 is 0 Å². The van der Waals surface area contributed by atoms with Crippen LogP contribution < -0.4 is 10.1 Å². The predicted molar refractivity (Wildman–Crippen MR) is 70.2 cm³/mol. The van der Waals surface area contributed by atoms with E-state index in [1.807, 2.05) is 6.07 Å². The number of carbonyl (C=O) groups is 2. The van der Waals surface area contributed by atoms with E-state index in [2.05, 4.69) is 5.32 Å². The summed E-state index contributed by atoms with van der Waals surface area (Å²) < 4.78 is 5.23. The third kappa shape index (κ3) is 4.98. The molecule has 6 heteroatoms. The molecule has 19 heavy (non-hydrogen) atoms. The summed E-state index contributed by atoms with van der Waals surface area (Å²) in [5, 5.41) is 11.1. The number of hydrogen-bond donors (Lipinski definition) is 1. The Kier molecular flexibility index (Phi) is 5.83. The van der Waals surface area contributed by atoms with Gasteiger partial charge in [0.15, 0.2) is 12.4 Å². The molecule has 0 spiro atoms. The molecule has 5 nitrogen and oxygen atoms in total. The van der Waals surface area contributed by atoms with Crippen molar-refractivity contribution in [3.05, 3.63) is 28.8 Å². The molecule has 100 valence electrons. The summed E-state index contributed by atoms with van der Waals surface area (Å²) >= 11 is 5.93. The lowest BCUT2D eigenvalue weighted by atomic mass is 10.1. The third-order valence-electron chi connectivity index (χ3n) is 2.26. The minimum atomic E-state index is -0.332. The molecule has 0 atom stereocenters. The van der Waals surface area contributed by atoms with Crippen molar-refractivity contribution in [3.8, 4) is 11.8 Å². The second-order valence-electron chi connectivity index (χ2n) is 3.75. The van der Waals surface area contributed by atoms with Crippen LogP contribution in [0.2, 0.25) is 5.02 Å². The van der Waals surface area contributed by atoms with Gasteiger partial charge in [0.25, 0.3) is 5.91 Å². The van der Waals surface area contributed by atoms with E-state index in [9.17, 15) is 9.59 Å². The van der Waals surface area contributed by atoms with Crippen LogP contribution in [0.3, 0.4) is 0 Å². The van der Waals surface area contributed by atoms with Crippen LogP contribution in [0.4, 0.5) is 0 Å². The van der Waals surface area contributed by atoms with Crippen LogP contribution in [0.1, 0.15) is 23.7 Å². The number of nitrogens with one attached hydrogen (secondary N) is 1. The van der Waals surface area contributed by atoms with Gasteiger partial charge in [0, 0.05) is 12.1 Å². The Labute approximate surface area is 116 Å². The molecule has 1 aromatic rings. The molecule has 1 amide bonds. The first kappa shape index (κ1) is 15.0. The average molecular weight is 281 g/mol. The van der Waals surface area contributed by atoms with Gasteiger partial charge in [-0.1, -0.05) is 11.6 Å². The topological polar surface area (TPSA) is 79.2 Å². The fourth-order valence-electron chi connectivity index (χ4n) is 1.29. The molecule has 1 N–H and O–H groups in total. The molecule has 0 saturated heterocycles. The highest BCUT2D eigenvalue weighted by atomic mass is 35.5. The number of carbonyl (C=O) groups excluding carboxylic acids is 2. The first-order valence-corrected chi connectivity index (χ1v) is 5.99. The van der Waals surface area contributed by atoms with E-state index < -0.39 is 0 Å². The molecule has 1 aromatic carbocycles. The fourth-order valence-corrected chi connectivity index (χ4v) is 1.52. The maximum absolute atomic E-state index is 11.3. The third-order valence-corrected chi connectivity index (χ3v) is 2.55. The molecule has 0 heterocycles. The van der Waals surface area contributed by atoms with Crippen molar-refractivity contribution in [3.63, 3.8) is 0 Å². The Morgan fingerprint density at radius 2 is 2.21 bits per heavy atom. The van der Waals surface area contributed by atoms with Gasteiger partial charge in [0.05, 0.1) is 17.5 Å². The zero-order valence-corrected chi connectivity index (χ0v) is 11.2. The number of rotatable bonds is 6. The summed E-state index contributed by atoms with van der Waals surface area (Å²) in [7, 11) is 0. The molecule has 0 unspecified atom stereocenters. The maximum Gasteiger partial charge on any atom is 0.257 e. The lowest BCUT2D eigenvalue weighted by molar-refractivity contribution is -0.123. The average Bonchev–Trinajstić information content (AvgIpc) is 2.37. The molecule has 0 aromatic heterocycles. The van der Waals surface area contributed by atoms with Crippen LogP contribution in [0, 0.1) is 11.3 Å². The van der Waals surface area contributed by atoms with E-state index in [1.54, 1.807) is 12.1 Å². The number of nitrogens with zero attached hydrogens (tertiary/aromatic N) is 1. The van der Waals surface area contributed by atoms with Crippen LogP contribution in [0.15, 0.2) is 18.2 Å². The van der Waals surface area contributed by atoms with Gasteiger partial charge in [0.1, 0.15) is 5.75 Å². The van der Waals surface area contributed by atoms with Crippen molar-refractivity contribution in [1.29, 1.82) is 5.26 Å². The number of hydrogen-bond acceptors (Lipinski definition) is 4. The highest BCUT2D eigenvalue weighted by molar-refractivity contribution is 6.32. The standard InChI is InChI=1S/C13H13ClN2O3/c1-9(17)10-3-4-12(11(14)7-10)19-8-13(18)16-6-2-5-15/h3-4,7H,2,6,8H2,1H3,(H,16,18). The highest BCUT2D eigenvalue weighted by Gasteiger charge is 2.08. The van der Waals surface area contributed by atoms with Crippen LogP contribution in [-0.2, 0) is 4.79 Å². The summed E-state index contributed by atoms with van der Waals surface area (Å²) in [6.07, 6.45) is 0.250. The molecular weight excluding hydrogens is 268 g/mol. The van der Waals surface area contributed by atoms with Gasteiger partial charge in [-0.15, -0.1) is 0 Å². The van der Waals surface area contributed by atoms with Crippen LogP contribution in [0.5, 0.6) is 5.75 Å². The second kappa shape index (κ2) is 7.39. The largest absolute Gasteiger partial charge is 0.482 e. The van der Waals surface area contributed by atoms with Crippen LogP contribution in [-0.4, -0.2) is 24.8 Å². The first-order valence-electron chi connectivity index (χ1n) is 5.61. The van der Waals surface area contributed by atoms with Crippen LogP contribution in [0.25, 0.3) is 0 Å². The van der Waals surface area contributed by atoms with E-state index >= 15 is 0 Å². The molecule has 0 saturated carbocycles. The van der Waals surface area contributed by atoms with E-state index in [0.717, 1.165) is 0 Å². The first-order chi connectivity index (χ1) is 9.04. The number of benzene rings is 1. The normalized spacial score (nSPS) is 9.53. The number of halogens is 1. The molecule has 0 aliphatic heterocycles. The Hall–Kier alpha value is -2.06. The Morgan fingerprint density at radius 3 is 2.79 bits per heavy atom. The molecule has 0 radical (unpaired) electrons. The van der Waals surface area contributed by atoms with Gasteiger partial charge in [-0.25, -0.2) is 0 Å². The lowest BCUT2D eigenvalue weighted by Crippen LogP contribution is -2.29. The number of Topliss-reactive ketones (excluding diaryl/α,β-unsaturated/α-hetero) is 1. The van der Waals surface area contributed by atoms with Crippen molar-refractivity contribution in [2.45, 2.75) is 13.3 Å². The molecule has 1 rings (SSSR count). The van der Waals surface area contributed by atoms with Crippen molar-refractivity contribution in [1.82, 2.24) is 5.32 Å². The van der Waals surface area contributed by atoms with E-state index in [4.69, 9.17) is 21.6 Å². The number of ether oxygens (including phenoxy) is 1. The summed E-state index contributed by atoms with van der Waals surface area (Å²) in [6.45, 7) is 1.54. The van der Waals surface area contributed by atoms with Gasteiger partial charge in [0.2, 0.25) is 0 Å². The van der Waals surface area contributed by atoms with E-state index in [0.29, 0.717) is 11.3 Å². The highest BCUT2D eigenvalue weighted by Crippen LogP contribution is 2.25. The quantitative estimate of drug-likeness (QED) is 0.638. The molecule has 0 fully saturated rings. The zero-order valence-electron chi connectivity index (χ0n) is 10.4. The molecule has 0 bridgehead atoms. The Bertz CT molecular complexity index is 523. The zero-order chi connectivity index (χ0) is 14.3. The lowest BCUT2D eigenvalue weighted by Gasteiger charge is -2.08. The fraction of sp³-hybridized carbons (Fsp3) is 0.308. The van der Waals surface area contributed by atoms with Crippen molar-refractivity contribution in [2.24, 2.45) is 0 Å². The van der Waals surface area contributed by atoms with Gasteiger partial charge in [-0.2, -0.15) is 5.26 Å². The smallest absolute Gasteiger partial charge is 0.257 e. The van der Waals surface area contributed by atoms with Crippen molar-refractivity contribution in [2.75, 3.05) is 13.2 Å². The van der Waals surface area contributed by atoms with Gasteiger partial charge in [-0.3, -0.25) is 9.59 Å². The molecule has 0 aliphatic carbocycles. The monoisotopic (exact) mass is 280 g/mol. The van der Waals surface area contributed by atoms with E-state index in [1.165, 1.54) is 13.0 Å². The molecule has 0 aliphatic rings. The van der Waals surface area contributed by atoms with Gasteiger partial charge < -0.3 is 10.1 Å². The summed E-state index contributed by atoms with van der Waals surface area (Å²) in [4.78, 5) is 22.5. The van der Waals surface area contributed by atoms with Crippen molar-refractivity contribution < 1.29 is 14.3 Å². The van der Waals surface area contributed by atoms with Gasteiger partial charge in [-0.05, 0) is 25.1 Å². The minimum Gasteiger partial charge on any atom is -0.482 e. The Morgan fingerprint density at radius 1 is 1.47 bits per heavy atom. The molecular formula is C13H13ClN2O3. The SMILES string of the molecule is CC(=O)c1ccc(OCC(=O)NCCC#N)c(Cl)c1. The van der Waals surface area contributed by atoms with Crippen LogP contribution >= 0.6 is 11.6 Å².